The SMILES string of the molecule is CC(=O)c1cccc(-c2ncco2)c1. The first kappa shape index (κ1) is 8.69. The molecule has 0 amide bonds. The summed E-state index contributed by atoms with van der Waals surface area (Å²) in [5, 5.41) is 0. The van der Waals surface area contributed by atoms with E-state index in [0.29, 0.717) is 11.5 Å². The smallest absolute Gasteiger partial charge is 0.225 e. The molecule has 0 spiro atoms. The van der Waals surface area contributed by atoms with Gasteiger partial charge in [0, 0.05) is 11.1 Å². The quantitative estimate of drug-likeness (QED) is 0.678. The Hall–Kier alpha value is -1.90. The summed E-state index contributed by atoms with van der Waals surface area (Å²) < 4.78 is 5.13. The third-order valence-electron chi connectivity index (χ3n) is 1.95. The average Bonchev–Trinajstić information content (AvgIpc) is 2.71. The van der Waals surface area contributed by atoms with E-state index in [9.17, 15) is 4.79 Å². The summed E-state index contributed by atoms with van der Waals surface area (Å²) >= 11 is 0. The van der Waals surface area contributed by atoms with Crippen molar-refractivity contribution >= 4 is 5.78 Å². The van der Waals surface area contributed by atoms with Crippen LogP contribution in [-0.2, 0) is 0 Å². The number of nitrogens with zero attached hydrogens (tertiary/aromatic N) is 1. The highest BCUT2D eigenvalue weighted by Gasteiger charge is 2.04. The molecule has 0 saturated carbocycles. The van der Waals surface area contributed by atoms with Crippen molar-refractivity contribution in [1.29, 1.82) is 0 Å². The van der Waals surface area contributed by atoms with Crippen LogP contribution >= 0.6 is 0 Å². The zero-order valence-electron chi connectivity index (χ0n) is 7.73. The Balaban J connectivity index is 2.46. The summed E-state index contributed by atoms with van der Waals surface area (Å²) in [6, 6.07) is 7.22. The molecular weight excluding hydrogens is 178 g/mol. The van der Waals surface area contributed by atoms with Gasteiger partial charge in [0.15, 0.2) is 5.78 Å². The average molecular weight is 187 g/mol. The molecular formula is C11H9NO2. The molecule has 0 aliphatic heterocycles. The number of oxazole rings is 1. The summed E-state index contributed by atoms with van der Waals surface area (Å²) in [5.41, 5.74) is 1.49. The molecule has 1 aromatic carbocycles. The Bertz CT molecular complexity index is 446. The maximum Gasteiger partial charge on any atom is 0.225 e. The number of carbonyl (C=O) groups is 1. The molecule has 0 aliphatic rings. The zero-order chi connectivity index (χ0) is 9.97. The van der Waals surface area contributed by atoms with Crippen LogP contribution in [-0.4, -0.2) is 10.8 Å². The molecule has 0 atom stereocenters. The number of rotatable bonds is 2. The molecule has 1 aromatic heterocycles. The Kier molecular flexibility index (Phi) is 2.14. The molecule has 0 aliphatic carbocycles. The lowest BCUT2D eigenvalue weighted by Crippen LogP contribution is -1.91. The van der Waals surface area contributed by atoms with Crippen LogP contribution in [0.15, 0.2) is 41.1 Å². The standard InChI is InChI=1S/C11H9NO2/c1-8(13)9-3-2-4-10(7-9)11-12-5-6-14-11/h2-7H,1H3. The minimum atomic E-state index is 0.0402. The Morgan fingerprint density at radius 1 is 1.43 bits per heavy atom. The topological polar surface area (TPSA) is 43.1 Å². The number of carbonyl (C=O) groups excluding carboxylic acids is 1. The third kappa shape index (κ3) is 1.57. The van der Waals surface area contributed by atoms with Gasteiger partial charge in [-0.1, -0.05) is 12.1 Å². The van der Waals surface area contributed by atoms with Crippen molar-refractivity contribution < 1.29 is 9.21 Å². The number of ketones is 1. The van der Waals surface area contributed by atoms with Crippen molar-refractivity contribution in [3.63, 3.8) is 0 Å². The summed E-state index contributed by atoms with van der Waals surface area (Å²) in [4.78, 5) is 15.1. The first-order valence-electron chi connectivity index (χ1n) is 4.28. The molecule has 0 N–H and O–H groups in total. The number of hydrogen-bond acceptors (Lipinski definition) is 3. The van der Waals surface area contributed by atoms with Gasteiger partial charge >= 0.3 is 0 Å². The minimum absolute atomic E-state index is 0.0402. The maximum atomic E-state index is 11.1. The van der Waals surface area contributed by atoms with E-state index in [-0.39, 0.29) is 5.78 Å². The number of Topliss-reactive ketones (excluding diaryl/α,β-unsaturated/α-hetero) is 1. The first-order chi connectivity index (χ1) is 6.77. The van der Waals surface area contributed by atoms with E-state index in [1.165, 1.54) is 13.2 Å². The second kappa shape index (κ2) is 3.46. The van der Waals surface area contributed by atoms with Crippen LogP contribution in [0.5, 0.6) is 0 Å². The van der Waals surface area contributed by atoms with Crippen LogP contribution < -0.4 is 0 Å². The molecule has 3 nitrogen and oxygen atoms in total. The van der Waals surface area contributed by atoms with Gasteiger partial charge in [0.25, 0.3) is 0 Å². The summed E-state index contributed by atoms with van der Waals surface area (Å²) in [6.07, 6.45) is 3.09. The summed E-state index contributed by atoms with van der Waals surface area (Å²) in [7, 11) is 0. The van der Waals surface area contributed by atoms with Gasteiger partial charge in [0.1, 0.15) is 6.26 Å². The van der Waals surface area contributed by atoms with Crippen LogP contribution in [0.4, 0.5) is 0 Å². The second-order valence-electron chi connectivity index (χ2n) is 2.97. The predicted octanol–water partition coefficient (Wildman–Crippen LogP) is 2.54. The summed E-state index contributed by atoms with van der Waals surface area (Å²) in [6.45, 7) is 1.54. The third-order valence-corrected chi connectivity index (χ3v) is 1.95. The van der Waals surface area contributed by atoms with Gasteiger partial charge in [-0.3, -0.25) is 4.79 Å². The first-order valence-corrected chi connectivity index (χ1v) is 4.28. The molecule has 0 unspecified atom stereocenters. The van der Waals surface area contributed by atoms with Crippen LogP contribution in [0.2, 0.25) is 0 Å². The molecule has 1 heterocycles. The largest absolute Gasteiger partial charge is 0.445 e. The second-order valence-corrected chi connectivity index (χ2v) is 2.97. The van der Waals surface area contributed by atoms with E-state index in [1.807, 2.05) is 12.1 Å². The van der Waals surface area contributed by atoms with Crippen molar-refractivity contribution in [2.75, 3.05) is 0 Å². The minimum Gasteiger partial charge on any atom is -0.445 e. The van der Waals surface area contributed by atoms with Crippen molar-refractivity contribution in [3.8, 4) is 11.5 Å². The normalized spacial score (nSPS) is 10.1. The fourth-order valence-electron chi connectivity index (χ4n) is 1.24. The molecule has 3 heteroatoms. The molecule has 0 fully saturated rings. The van der Waals surface area contributed by atoms with E-state index < -0.39 is 0 Å². The molecule has 14 heavy (non-hydrogen) atoms. The highest BCUT2D eigenvalue weighted by atomic mass is 16.3. The lowest BCUT2D eigenvalue weighted by molar-refractivity contribution is 0.101. The Labute approximate surface area is 81.4 Å². The number of benzene rings is 1. The summed E-state index contributed by atoms with van der Waals surface area (Å²) in [5.74, 6) is 0.575. The lowest BCUT2D eigenvalue weighted by atomic mass is 10.1. The predicted molar refractivity (Wildman–Crippen MR) is 51.9 cm³/mol. The van der Waals surface area contributed by atoms with Crippen LogP contribution in [0, 0.1) is 0 Å². The van der Waals surface area contributed by atoms with E-state index in [2.05, 4.69) is 4.98 Å². The molecule has 0 bridgehead atoms. The molecule has 0 radical (unpaired) electrons. The zero-order valence-corrected chi connectivity index (χ0v) is 7.73. The molecule has 70 valence electrons. The Morgan fingerprint density at radius 3 is 2.93 bits per heavy atom. The van der Waals surface area contributed by atoms with E-state index in [4.69, 9.17) is 4.42 Å². The Morgan fingerprint density at radius 2 is 2.29 bits per heavy atom. The van der Waals surface area contributed by atoms with Crippen molar-refractivity contribution in [3.05, 3.63) is 42.3 Å². The van der Waals surface area contributed by atoms with Gasteiger partial charge in [-0.25, -0.2) is 4.98 Å². The van der Waals surface area contributed by atoms with Gasteiger partial charge in [0.05, 0.1) is 6.20 Å². The monoisotopic (exact) mass is 187 g/mol. The van der Waals surface area contributed by atoms with E-state index in [0.717, 1.165) is 5.56 Å². The maximum absolute atomic E-state index is 11.1. The van der Waals surface area contributed by atoms with Crippen molar-refractivity contribution in [2.45, 2.75) is 6.92 Å². The lowest BCUT2D eigenvalue weighted by Gasteiger charge is -1.98. The van der Waals surface area contributed by atoms with E-state index >= 15 is 0 Å². The van der Waals surface area contributed by atoms with Crippen LogP contribution in [0.25, 0.3) is 11.5 Å². The van der Waals surface area contributed by atoms with Crippen molar-refractivity contribution in [1.82, 2.24) is 4.98 Å². The highest BCUT2D eigenvalue weighted by molar-refractivity contribution is 5.95. The molecule has 0 saturated heterocycles. The molecule has 2 aromatic rings. The van der Waals surface area contributed by atoms with Gasteiger partial charge in [-0.15, -0.1) is 0 Å². The van der Waals surface area contributed by atoms with Gasteiger partial charge in [-0.05, 0) is 19.1 Å². The molecule has 2 rings (SSSR count). The van der Waals surface area contributed by atoms with Gasteiger partial charge in [0.2, 0.25) is 5.89 Å². The number of aromatic nitrogens is 1. The van der Waals surface area contributed by atoms with Gasteiger partial charge in [-0.2, -0.15) is 0 Å². The fraction of sp³-hybridized carbons (Fsp3) is 0.0909. The fourth-order valence-corrected chi connectivity index (χ4v) is 1.24. The van der Waals surface area contributed by atoms with Crippen LogP contribution in [0.1, 0.15) is 17.3 Å². The number of hydrogen-bond donors (Lipinski definition) is 0. The van der Waals surface area contributed by atoms with Gasteiger partial charge < -0.3 is 4.42 Å². The van der Waals surface area contributed by atoms with E-state index in [1.54, 1.807) is 18.3 Å². The van der Waals surface area contributed by atoms with Crippen LogP contribution in [0.3, 0.4) is 0 Å². The highest BCUT2D eigenvalue weighted by Crippen LogP contribution is 2.18. The van der Waals surface area contributed by atoms with Crippen molar-refractivity contribution in [2.24, 2.45) is 0 Å².